The van der Waals surface area contributed by atoms with Gasteiger partial charge in [0, 0.05) is 51.1 Å². The largest absolute Gasteiger partial charge is 0.340 e. The molecule has 29 heavy (non-hydrogen) atoms. The molecule has 1 aromatic heterocycles. The molecule has 7 nitrogen and oxygen atoms in total. The highest BCUT2D eigenvalue weighted by molar-refractivity contribution is 7.89. The summed E-state index contributed by atoms with van der Waals surface area (Å²) >= 11 is 1.61. The summed E-state index contributed by atoms with van der Waals surface area (Å²) in [5.74, 6) is -2.51. The Morgan fingerprint density at radius 3 is 2.55 bits per heavy atom. The highest BCUT2D eigenvalue weighted by Gasteiger charge is 2.22. The molecule has 1 saturated heterocycles. The van der Waals surface area contributed by atoms with Crippen LogP contribution in [0.2, 0.25) is 0 Å². The Hall–Kier alpha value is -1.95. The number of benzene rings is 1. The number of aryl methyl sites for hydroxylation is 1. The first-order valence-electron chi connectivity index (χ1n) is 9.10. The number of rotatable bonds is 7. The third-order valence-corrected chi connectivity index (χ3v) is 6.89. The van der Waals surface area contributed by atoms with Gasteiger partial charge in [0.25, 0.3) is 0 Å². The number of sulfonamides is 1. The minimum atomic E-state index is -4.01. The molecule has 0 bridgehead atoms. The fraction of sp³-hybridized carbons (Fsp3) is 0.444. The van der Waals surface area contributed by atoms with E-state index in [2.05, 4.69) is 14.6 Å². The zero-order valence-corrected chi connectivity index (χ0v) is 17.5. The normalized spacial score (nSPS) is 15.6. The van der Waals surface area contributed by atoms with Gasteiger partial charge in [0.1, 0.15) is 0 Å². The van der Waals surface area contributed by atoms with Crippen LogP contribution in [0, 0.1) is 18.6 Å². The van der Waals surface area contributed by atoms with E-state index in [1.807, 2.05) is 12.3 Å². The molecule has 1 fully saturated rings. The van der Waals surface area contributed by atoms with Crippen LogP contribution in [0.15, 0.2) is 28.5 Å². The van der Waals surface area contributed by atoms with Crippen LogP contribution in [0.4, 0.5) is 8.78 Å². The lowest BCUT2D eigenvalue weighted by atomic mass is 10.2. The minimum Gasteiger partial charge on any atom is -0.340 e. The molecule has 1 N–H and O–H groups in total. The van der Waals surface area contributed by atoms with Crippen molar-refractivity contribution >= 4 is 27.3 Å². The van der Waals surface area contributed by atoms with E-state index in [0.29, 0.717) is 19.2 Å². The van der Waals surface area contributed by atoms with Gasteiger partial charge in [0.05, 0.1) is 15.6 Å². The van der Waals surface area contributed by atoms with Crippen molar-refractivity contribution in [1.29, 1.82) is 0 Å². The fourth-order valence-corrected chi connectivity index (χ4v) is 4.69. The van der Waals surface area contributed by atoms with Crippen molar-refractivity contribution in [2.45, 2.75) is 24.8 Å². The number of nitrogens with zero attached hydrogens (tertiary/aromatic N) is 3. The summed E-state index contributed by atoms with van der Waals surface area (Å²) in [4.78, 5) is 20.3. The van der Waals surface area contributed by atoms with Crippen molar-refractivity contribution in [2.24, 2.45) is 0 Å². The molecule has 1 amide bonds. The lowest BCUT2D eigenvalue weighted by Gasteiger charge is -2.34. The van der Waals surface area contributed by atoms with E-state index in [-0.39, 0.29) is 23.8 Å². The number of amides is 1. The summed E-state index contributed by atoms with van der Waals surface area (Å²) in [6.07, 6.45) is -0.00577. The van der Waals surface area contributed by atoms with Crippen LogP contribution in [0.25, 0.3) is 0 Å². The Morgan fingerprint density at radius 2 is 1.93 bits per heavy atom. The Bertz CT molecular complexity index is 973. The van der Waals surface area contributed by atoms with Gasteiger partial charge in [-0.15, -0.1) is 11.3 Å². The summed E-state index contributed by atoms with van der Waals surface area (Å²) in [5.41, 5.74) is 1.03. The van der Waals surface area contributed by atoms with Crippen molar-refractivity contribution < 1.29 is 22.0 Å². The van der Waals surface area contributed by atoms with Crippen LogP contribution in [0.3, 0.4) is 0 Å². The molecule has 0 spiro atoms. The molecule has 0 radical (unpaired) electrons. The van der Waals surface area contributed by atoms with Crippen molar-refractivity contribution in [3.05, 3.63) is 45.9 Å². The lowest BCUT2D eigenvalue weighted by Crippen LogP contribution is -2.48. The summed E-state index contributed by atoms with van der Waals surface area (Å²) in [6, 6.07) is 2.34. The standard InChI is InChI=1S/C18H22F2N4O3S2/c1-13-22-14(12-28-13)11-23-6-8-24(9-7-23)18(25)4-5-21-29(26,27)15-2-3-16(19)17(20)10-15/h2-3,10,12,21H,4-9,11H2,1H3. The molecule has 1 aliphatic heterocycles. The number of carbonyl (C=O) groups excluding carboxylic acids is 1. The first-order chi connectivity index (χ1) is 13.7. The quantitative estimate of drug-likeness (QED) is 0.704. The first-order valence-corrected chi connectivity index (χ1v) is 11.5. The second kappa shape index (κ2) is 9.24. The smallest absolute Gasteiger partial charge is 0.240 e. The van der Waals surface area contributed by atoms with Gasteiger partial charge >= 0.3 is 0 Å². The molecule has 0 aliphatic carbocycles. The van der Waals surface area contributed by atoms with Crippen LogP contribution in [0.1, 0.15) is 17.1 Å². The number of thiazole rings is 1. The van der Waals surface area contributed by atoms with Crippen molar-refractivity contribution in [3.8, 4) is 0 Å². The van der Waals surface area contributed by atoms with Gasteiger partial charge in [-0.2, -0.15) is 0 Å². The maximum atomic E-state index is 13.2. The predicted octanol–water partition coefficient (Wildman–Crippen LogP) is 1.74. The van der Waals surface area contributed by atoms with E-state index in [1.54, 1.807) is 16.2 Å². The molecule has 1 aromatic carbocycles. The van der Waals surface area contributed by atoms with E-state index >= 15 is 0 Å². The minimum absolute atomic E-state index is 0.00577. The van der Waals surface area contributed by atoms with Gasteiger partial charge in [-0.25, -0.2) is 26.9 Å². The third-order valence-electron chi connectivity index (χ3n) is 4.61. The van der Waals surface area contributed by atoms with Gasteiger partial charge < -0.3 is 4.90 Å². The van der Waals surface area contributed by atoms with Crippen LogP contribution < -0.4 is 4.72 Å². The van der Waals surface area contributed by atoms with Gasteiger partial charge in [-0.3, -0.25) is 9.69 Å². The van der Waals surface area contributed by atoms with Crippen LogP contribution in [0.5, 0.6) is 0 Å². The molecular formula is C18H22F2N4O3S2. The molecule has 2 aromatic rings. The second-order valence-electron chi connectivity index (χ2n) is 6.74. The van der Waals surface area contributed by atoms with E-state index in [4.69, 9.17) is 0 Å². The number of carbonyl (C=O) groups is 1. The van der Waals surface area contributed by atoms with E-state index < -0.39 is 21.7 Å². The maximum Gasteiger partial charge on any atom is 0.240 e. The van der Waals surface area contributed by atoms with Gasteiger partial charge in [-0.1, -0.05) is 0 Å². The SMILES string of the molecule is Cc1nc(CN2CCN(C(=O)CCNS(=O)(=O)c3ccc(F)c(F)c3)CC2)cs1. The Kier molecular flexibility index (Phi) is 6.93. The zero-order chi connectivity index (χ0) is 21.0. The second-order valence-corrected chi connectivity index (χ2v) is 9.57. The molecule has 0 atom stereocenters. The van der Waals surface area contributed by atoms with E-state index in [0.717, 1.165) is 42.5 Å². The fourth-order valence-electron chi connectivity index (χ4n) is 3.04. The van der Waals surface area contributed by atoms with Crippen molar-refractivity contribution in [3.63, 3.8) is 0 Å². The summed E-state index contributed by atoms with van der Waals surface area (Å²) in [5, 5.41) is 3.06. The topological polar surface area (TPSA) is 82.6 Å². The van der Waals surface area contributed by atoms with Crippen LogP contribution >= 0.6 is 11.3 Å². The molecule has 0 unspecified atom stereocenters. The van der Waals surface area contributed by atoms with Crippen molar-refractivity contribution in [1.82, 2.24) is 19.5 Å². The maximum absolute atomic E-state index is 13.2. The first kappa shape index (κ1) is 21.8. The van der Waals surface area contributed by atoms with E-state index in [9.17, 15) is 22.0 Å². The highest BCUT2D eigenvalue weighted by atomic mass is 32.2. The molecule has 158 valence electrons. The summed E-state index contributed by atoms with van der Waals surface area (Å²) in [7, 11) is -4.01. The number of hydrogen-bond donors (Lipinski definition) is 1. The van der Waals surface area contributed by atoms with Gasteiger partial charge in [-0.05, 0) is 25.1 Å². The summed E-state index contributed by atoms with van der Waals surface area (Å²) < 4.78 is 52.7. The molecular weight excluding hydrogens is 422 g/mol. The average molecular weight is 445 g/mol. The predicted molar refractivity (Wildman–Crippen MR) is 105 cm³/mol. The average Bonchev–Trinajstić information content (AvgIpc) is 3.09. The number of hydrogen-bond acceptors (Lipinski definition) is 6. The lowest BCUT2D eigenvalue weighted by molar-refractivity contribution is -0.132. The zero-order valence-electron chi connectivity index (χ0n) is 15.9. The monoisotopic (exact) mass is 444 g/mol. The molecule has 11 heteroatoms. The van der Waals surface area contributed by atoms with Crippen molar-refractivity contribution in [2.75, 3.05) is 32.7 Å². The van der Waals surface area contributed by atoms with Gasteiger partial charge in [0.2, 0.25) is 15.9 Å². The highest BCUT2D eigenvalue weighted by Crippen LogP contribution is 2.14. The number of piperazine rings is 1. The molecule has 0 saturated carbocycles. The van der Waals surface area contributed by atoms with Crippen LogP contribution in [-0.2, 0) is 21.4 Å². The van der Waals surface area contributed by atoms with Crippen LogP contribution in [-0.4, -0.2) is 61.8 Å². The number of aromatic nitrogens is 1. The Balaban J connectivity index is 1.43. The third kappa shape index (κ3) is 5.78. The number of nitrogens with one attached hydrogen (secondary N) is 1. The molecule has 1 aliphatic rings. The molecule has 2 heterocycles. The van der Waals surface area contributed by atoms with E-state index in [1.165, 1.54) is 0 Å². The number of halogens is 2. The Labute approximate surface area is 172 Å². The Morgan fingerprint density at radius 1 is 1.21 bits per heavy atom. The summed E-state index contributed by atoms with van der Waals surface area (Å²) in [6.45, 7) is 5.19. The van der Waals surface area contributed by atoms with Gasteiger partial charge in [0.15, 0.2) is 11.6 Å². The molecule has 3 rings (SSSR count).